The molecule has 2 nitrogen and oxygen atoms in total. The first-order chi connectivity index (χ1) is 9.19. The van der Waals surface area contributed by atoms with Gasteiger partial charge in [-0.1, -0.05) is 44.2 Å². The predicted molar refractivity (Wildman–Crippen MR) is 80.1 cm³/mol. The van der Waals surface area contributed by atoms with Crippen LogP contribution in [-0.2, 0) is 6.42 Å². The van der Waals surface area contributed by atoms with Crippen molar-refractivity contribution in [3.8, 4) is 0 Å². The van der Waals surface area contributed by atoms with E-state index >= 15 is 0 Å². The van der Waals surface area contributed by atoms with E-state index in [1.165, 1.54) is 24.8 Å². The maximum absolute atomic E-state index is 9.57. The van der Waals surface area contributed by atoms with Crippen LogP contribution in [0.15, 0.2) is 30.3 Å². The van der Waals surface area contributed by atoms with E-state index < -0.39 is 0 Å². The van der Waals surface area contributed by atoms with Crippen LogP contribution in [0.3, 0.4) is 0 Å². The molecule has 0 spiro atoms. The molecule has 1 aromatic rings. The summed E-state index contributed by atoms with van der Waals surface area (Å²) in [5.41, 5.74) is 1.30. The summed E-state index contributed by atoms with van der Waals surface area (Å²) in [6.07, 6.45) is 4.71. The molecule has 0 heterocycles. The first-order valence-electron chi connectivity index (χ1n) is 7.60. The molecule has 0 saturated heterocycles. The Labute approximate surface area is 117 Å². The number of rotatable bonds is 5. The molecule has 1 aliphatic rings. The molecule has 0 aliphatic heterocycles. The van der Waals surface area contributed by atoms with Crippen molar-refractivity contribution >= 4 is 0 Å². The summed E-state index contributed by atoms with van der Waals surface area (Å²) in [6.45, 7) is 4.92. The van der Waals surface area contributed by atoms with Crippen LogP contribution in [-0.4, -0.2) is 23.8 Å². The van der Waals surface area contributed by atoms with Gasteiger partial charge >= 0.3 is 0 Å². The zero-order chi connectivity index (χ0) is 13.7. The van der Waals surface area contributed by atoms with Crippen LogP contribution in [0.4, 0.5) is 0 Å². The van der Waals surface area contributed by atoms with Crippen LogP contribution in [0.1, 0.15) is 38.7 Å². The van der Waals surface area contributed by atoms with Gasteiger partial charge in [-0.3, -0.25) is 0 Å². The van der Waals surface area contributed by atoms with Crippen LogP contribution in [0, 0.1) is 11.8 Å². The monoisotopic (exact) mass is 261 g/mol. The van der Waals surface area contributed by atoms with Crippen molar-refractivity contribution in [3.63, 3.8) is 0 Å². The first-order valence-corrected chi connectivity index (χ1v) is 7.60. The smallest absolute Gasteiger partial charge is 0.0587 e. The molecule has 0 amide bonds. The van der Waals surface area contributed by atoms with E-state index in [-0.39, 0.29) is 12.6 Å². The fourth-order valence-corrected chi connectivity index (χ4v) is 3.11. The maximum Gasteiger partial charge on any atom is 0.0587 e. The van der Waals surface area contributed by atoms with E-state index in [2.05, 4.69) is 43.4 Å². The lowest BCUT2D eigenvalue weighted by Crippen LogP contribution is -2.45. The summed E-state index contributed by atoms with van der Waals surface area (Å²) in [5, 5.41) is 13.2. The van der Waals surface area contributed by atoms with Crippen LogP contribution < -0.4 is 5.32 Å². The van der Waals surface area contributed by atoms with E-state index in [9.17, 15) is 5.11 Å². The highest BCUT2D eigenvalue weighted by Crippen LogP contribution is 2.29. The molecule has 0 aromatic heterocycles. The van der Waals surface area contributed by atoms with E-state index in [0.717, 1.165) is 18.3 Å². The standard InChI is InChI=1S/C17H27NO/c1-13-8-9-16(10-14(13)2)18-17(12-19)11-15-6-4-3-5-7-15/h3-7,13-14,16-19H,8-12H2,1-2H3/t13?,14?,16?,17-/m1/s1. The van der Waals surface area contributed by atoms with Gasteiger partial charge in [0, 0.05) is 12.1 Å². The average Bonchev–Trinajstić information content (AvgIpc) is 2.43. The van der Waals surface area contributed by atoms with Crippen molar-refractivity contribution < 1.29 is 5.11 Å². The third-order valence-electron chi connectivity index (χ3n) is 4.61. The number of aliphatic hydroxyl groups is 1. The summed E-state index contributed by atoms with van der Waals surface area (Å²) in [6, 6.07) is 11.2. The molecule has 0 radical (unpaired) electrons. The van der Waals surface area contributed by atoms with E-state index in [1.807, 2.05) is 6.07 Å². The van der Waals surface area contributed by atoms with Gasteiger partial charge in [-0.2, -0.15) is 0 Å². The lowest BCUT2D eigenvalue weighted by Gasteiger charge is -2.34. The summed E-state index contributed by atoms with van der Waals surface area (Å²) < 4.78 is 0. The number of aliphatic hydroxyl groups excluding tert-OH is 1. The van der Waals surface area contributed by atoms with Gasteiger partial charge in [0.25, 0.3) is 0 Å². The molecule has 2 heteroatoms. The Hall–Kier alpha value is -0.860. The lowest BCUT2D eigenvalue weighted by atomic mass is 9.79. The molecule has 1 fully saturated rings. The van der Waals surface area contributed by atoms with Crippen LogP contribution in [0.5, 0.6) is 0 Å². The zero-order valence-corrected chi connectivity index (χ0v) is 12.2. The molecule has 2 rings (SSSR count). The second-order valence-electron chi connectivity index (χ2n) is 6.20. The Kier molecular flexibility index (Phi) is 5.41. The van der Waals surface area contributed by atoms with Crippen molar-refractivity contribution in [3.05, 3.63) is 35.9 Å². The van der Waals surface area contributed by atoms with Crippen molar-refractivity contribution in [1.29, 1.82) is 0 Å². The number of hydrogen-bond donors (Lipinski definition) is 2. The third-order valence-corrected chi connectivity index (χ3v) is 4.61. The van der Waals surface area contributed by atoms with Crippen LogP contribution >= 0.6 is 0 Å². The highest BCUT2D eigenvalue weighted by Gasteiger charge is 2.25. The van der Waals surface area contributed by atoms with Crippen molar-refractivity contribution in [1.82, 2.24) is 5.32 Å². The quantitative estimate of drug-likeness (QED) is 0.854. The van der Waals surface area contributed by atoms with Crippen molar-refractivity contribution in [2.24, 2.45) is 11.8 Å². The van der Waals surface area contributed by atoms with Gasteiger partial charge in [-0.05, 0) is 43.1 Å². The fourth-order valence-electron chi connectivity index (χ4n) is 3.11. The molecule has 2 N–H and O–H groups in total. The molecule has 4 atom stereocenters. The Morgan fingerprint density at radius 3 is 2.53 bits per heavy atom. The van der Waals surface area contributed by atoms with Gasteiger partial charge in [0.15, 0.2) is 0 Å². The Balaban J connectivity index is 1.85. The normalized spacial score (nSPS) is 29.1. The number of hydrogen-bond acceptors (Lipinski definition) is 2. The molecule has 1 aromatic carbocycles. The Morgan fingerprint density at radius 1 is 1.16 bits per heavy atom. The summed E-state index contributed by atoms with van der Waals surface area (Å²) in [5.74, 6) is 1.64. The SMILES string of the molecule is CC1CCC(N[C@@H](CO)Cc2ccccc2)CC1C. The first kappa shape index (κ1) is 14.5. The molecule has 106 valence electrons. The lowest BCUT2D eigenvalue weighted by molar-refractivity contribution is 0.182. The molecule has 1 aliphatic carbocycles. The van der Waals surface area contributed by atoms with E-state index in [0.29, 0.717) is 6.04 Å². The molecule has 19 heavy (non-hydrogen) atoms. The summed E-state index contributed by atoms with van der Waals surface area (Å²) in [7, 11) is 0. The minimum Gasteiger partial charge on any atom is -0.395 e. The largest absolute Gasteiger partial charge is 0.395 e. The molecule has 0 bridgehead atoms. The van der Waals surface area contributed by atoms with Gasteiger partial charge in [0.1, 0.15) is 0 Å². The van der Waals surface area contributed by atoms with Gasteiger partial charge in [0.05, 0.1) is 6.61 Å². The zero-order valence-electron chi connectivity index (χ0n) is 12.2. The maximum atomic E-state index is 9.57. The van der Waals surface area contributed by atoms with Crippen molar-refractivity contribution in [2.75, 3.05) is 6.61 Å². The number of benzene rings is 1. The van der Waals surface area contributed by atoms with Gasteiger partial charge in [0.2, 0.25) is 0 Å². The van der Waals surface area contributed by atoms with E-state index in [4.69, 9.17) is 0 Å². The van der Waals surface area contributed by atoms with Crippen LogP contribution in [0.2, 0.25) is 0 Å². The average molecular weight is 261 g/mol. The van der Waals surface area contributed by atoms with E-state index in [1.54, 1.807) is 0 Å². The molecule has 1 saturated carbocycles. The summed E-state index contributed by atoms with van der Waals surface area (Å²) in [4.78, 5) is 0. The van der Waals surface area contributed by atoms with Crippen molar-refractivity contribution in [2.45, 2.75) is 51.6 Å². The summed E-state index contributed by atoms with van der Waals surface area (Å²) >= 11 is 0. The third kappa shape index (κ3) is 4.32. The number of nitrogens with one attached hydrogen (secondary N) is 1. The van der Waals surface area contributed by atoms with Gasteiger partial charge < -0.3 is 10.4 Å². The highest BCUT2D eigenvalue weighted by atomic mass is 16.3. The topological polar surface area (TPSA) is 32.3 Å². The second-order valence-corrected chi connectivity index (χ2v) is 6.20. The van der Waals surface area contributed by atoms with Crippen LogP contribution in [0.25, 0.3) is 0 Å². The minimum atomic E-state index is 0.188. The Bertz CT molecular complexity index is 365. The van der Waals surface area contributed by atoms with Gasteiger partial charge in [-0.15, -0.1) is 0 Å². The second kappa shape index (κ2) is 7.06. The molecular weight excluding hydrogens is 234 g/mol. The predicted octanol–water partition coefficient (Wildman–Crippen LogP) is 3.00. The minimum absolute atomic E-state index is 0.188. The van der Waals surface area contributed by atoms with Gasteiger partial charge in [-0.25, -0.2) is 0 Å². The highest BCUT2D eigenvalue weighted by molar-refractivity contribution is 5.16. The fraction of sp³-hybridized carbons (Fsp3) is 0.647. The molecular formula is C17H27NO. The Morgan fingerprint density at radius 2 is 1.89 bits per heavy atom. The molecule has 3 unspecified atom stereocenters.